The van der Waals surface area contributed by atoms with E-state index in [2.05, 4.69) is 5.32 Å². The van der Waals surface area contributed by atoms with Crippen molar-refractivity contribution in [1.82, 2.24) is 0 Å². The maximum absolute atomic E-state index is 11.3. The molecule has 0 fully saturated rings. The minimum atomic E-state index is -0.674. The van der Waals surface area contributed by atoms with Crippen LogP contribution in [0.5, 0.6) is 0 Å². The van der Waals surface area contributed by atoms with Gasteiger partial charge in [-0.2, -0.15) is 0 Å². The van der Waals surface area contributed by atoms with Gasteiger partial charge in [0.25, 0.3) is 0 Å². The van der Waals surface area contributed by atoms with Crippen LogP contribution in [-0.2, 0) is 4.79 Å². The van der Waals surface area contributed by atoms with E-state index in [1.165, 1.54) is 0 Å². The van der Waals surface area contributed by atoms with Gasteiger partial charge in [-0.15, -0.1) is 0 Å². The number of benzene rings is 1. The molecule has 0 aliphatic rings. The van der Waals surface area contributed by atoms with Crippen molar-refractivity contribution in [2.24, 2.45) is 5.73 Å². The van der Waals surface area contributed by atoms with Gasteiger partial charge in [-0.1, -0.05) is 25.1 Å². The van der Waals surface area contributed by atoms with Crippen LogP contribution in [0.15, 0.2) is 24.3 Å². The zero-order valence-electron chi connectivity index (χ0n) is 9.50. The van der Waals surface area contributed by atoms with Crippen LogP contribution in [-0.4, -0.2) is 11.4 Å². The molecule has 1 unspecified atom stereocenters. The van der Waals surface area contributed by atoms with Gasteiger partial charge in [0, 0.05) is 5.69 Å². The van der Waals surface area contributed by atoms with Gasteiger partial charge in [-0.05, 0) is 31.9 Å². The van der Waals surface area contributed by atoms with Gasteiger partial charge in [0.15, 0.2) is 0 Å². The van der Waals surface area contributed by atoms with Crippen molar-refractivity contribution in [2.75, 3.05) is 5.32 Å². The summed E-state index contributed by atoms with van der Waals surface area (Å²) in [7, 11) is 0. The summed E-state index contributed by atoms with van der Waals surface area (Å²) in [5, 5.41) is 3.20. The van der Waals surface area contributed by atoms with Crippen LogP contribution < -0.4 is 11.1 Å². The lowest BCUT2D eigenvalue weighted by atomic mass is 9.97. The van der Waals surface area contributed by atoms with Crippen molar-refractivity contribution in [3.05, 3.63) is 29.8 Å². The van der Waals surface area contributed by atoms with E-state index in [4.69, 9.17) is 5.73 Å². The molecule has 1 rings (SSSR count). The Bertz CT molecular complexity index is 362. The van der Waals surface area contributed by atoms with Crippen LogP contribution in [0.3, 0.4) is 0 Å². The number of carbonyl (C=O) groups is 1. The van der Waals surface area contributed by atoms with Crippen LogP contribution in [0.4, 0.5) is 5.69 Å². The number of carbonyl (C=O) groups excluding carboxylic acids is 1. The summed E-state index contributed by atoms with van der Waals surface area (Å²) in [6.45, 7) is 5.76. The molecule has 0 saturated heterocycles. The topological polar surface area (TPSA) is 55.1 Å². The fraction of sp³-hybridized carbons (Fsp3) is 0.417. The molecule has 0 saturated carbocycles. The second-order valence-corrected chi connectivity index (χ2v) is 3.99. The number of primary amides is 1. The van der Waals surface area contributed by atoms with Crippen molar-refractivity contribution in [1.29, 1.82) is 0 Å². The largest absolute Gasteiger partial charge is 0.371 e. The maximum atomic E-state index is 11.3. The highest BCUT2D eigenvalue weighted by Gasteiger charge is 2.28. The van der Waals surface area contributed by atoms with Crippen LogP contribution in [0.2, 0.25) is 0 Å². The Kier molecular flexibility index (Phi) is 3.35. The molecule has 0 aliphatic carbocycles. The van der Waals surface area contributed by atoms with Gasteiger partial charge in [-0.25, -0.2) is 0 Å². The van der Waals surface area contributed by atoms with Crippen molar-refractivity contribution in [3.63, 3.8) is 0 Å². The fourth-order valence-corrected chi connectivity index (χ4v) is 1.33. The minimum Gasteiger partial charge on any atom is -0.371 e. The number of hydrogen-bond donors (Lipinski definition) is 2. The van der Waals surface area contributed by atoms with Crippen molar-refractivity contribution >= 4 is 11.6 Å². The second-order valence-electron chi connectivity index (χ2n) is 3.99. The fourth-order valence-electron chi connectivity index (χ4n) is 1.33. The third-order valence-corrected chi connectivity index (χ3v) is 2.81. The van der Waals surface area contributed by atoms with Gasteiger partial charge < -0.3 is 11.1 Å². The lowest BCUT2D eigenvalue weighted by Crippen LogP contribution is -2.47. The summed E-state index contributed by atoms with van der Waals surface area (Å²) in [6, 6.07) is 7.85. The van der Waals surface area contributed by atoms with E-state index in [9.17, 15) is 4.79 Å². The molecule has 1 atom stereocenters. The molecular formula is C12H18N2O. The number of nitrogens with one attached hydrogen (secondary N) is 1. The van der Waals surface area contributed by atoms with E-state index < -0.39 is 5.54 Å². The predicted octanol–water partition coefficient (Wildman–Crippen LogP) is 2.06. The molecule has 3 nitrogen and oxygen atoms in total. The number of para-hydroxylation sites is 1. The summed E-state index contributed by atoms with van der Waals surface area (Å²) < 4.78 is 0. The van der Waals surface area contributed by atoms with Crippen LogP contribution >= 0.6 is 0 Å². The van der Waals surface area contributed by atoms with E-state index in [1.807, 2.05) is 45.0 Å². The summed E-state index contributed by atoms with van der Waals surface area (Å²) in [4.78, 5) is 11.3. The van der Waals surface area contributed by atoms with Gasteiger partial charge in [-0.3, -0.25) is 4.79 Å². The highest BCUT2D eigenvalue weighted by molar-refractivity contribution is 5.87. The molecule has 1 amide bonds. The third kappa shape index (κ3) is 2.49. The number of nitrogens with two attached hydrogens (primary N) is 1. The van der Waals surface area contributed by atoms with Crippen LogP contribution in [0.25, 0.3) is 0 Å². The lowest BCUT2D eigenvalue weighted by Gasteiger charge is -2.28. The van der Waals surface area contributed by atoms with E-state index >= 15 is 0 Å². The average Bonchev–Trinajstić information content (AvgIpc) is 2.21. The molecule has 3 heteroatoms. The van der Waals surface area contributed by atoms with E-state index in [1.54, 1.807) is 0 Å². The molecule has 15 heavy (non-hydrogen) atoms. The molecular weight excluding hydrogens is 188 g/mol. The van der Waals surface area contributed by atoms with E-state index in [0.29, 0.717) is 6.42 Å². The smallest absolute Gasteiger partial charge is 0.242 e. The minimum absolute atomic E-state index is 0.326. The molecule has 0 aromatic heterocycles. The first-order chi connectivity index (χ1) is 6.99. The highest BCUT2D eigenvalue weighted by Crippen LogP contribution is 2.21. The summed E-state index contributed by atoms with van der Waals surface area (Å²) in [5.41, 5.74) is 6.77. The molecule has 3 N–H and O–H groups in total. The number of hydrogen-bond acceptors (Lipinski definition) is 2. The average molecular weight is 206 g/mol. The third-order valence-electron chi connectivity index (χ3n) is 2.81. The molecule has 0 bridgehead atoms. The quantitative estimate of drug-likeness (QED) is 0.792. The van der Waals surface area contributed by atoms with Gasteiger partial charge in [0.2, 0.25) is 5.91 Å². The standard InChI is InChI=1S/C12H18N2O/c1-4-12(3,11(13)15)14-10-8-6-5-7-9(10)2/h5-8,14H,4H2,1-3H3,(H2,13,15). The molecule has 0 radical (unpaired) electrons. The predicted molar refractivity (Wildman–Crippen MR) is 62.7 cm³/mol. The zero-order valence-corrected chi connectivity index (χ0v) is 9.50. The molecule has 1 aromatic carbocycles. The molecule has 0 spiro atoms. The first-order valence-corrected chi connectivity index (χ1v) is 5.13. The molecule has 1 aromatic rings. The normalized spacial score (nSPS) is 14.3. The zero-order chi connectivity index (χ0) is 11.5. The van der Waals surface area contributed by atoms with E-state index in [0.717, 1.165) is 11.3 Å². The summed E-state index contributed by atoms with van der Waals surface area (Å²) in [5.74, 6) is -0.326. The van der Waals surface area contributed by atoms with Crippen molar-refractivity contribution < 1.29 is 4.79 Å². The SMILES string of the molecule is CCC(C)(Nc1ccccc1C)C(N)=O. The molecule has 0 heterocycles. The molecule has 0 aliphatic heterocycles. The Morgan fingerprint density at radius 2 is 2.07 bits per heavy atom. The monoisotopic (exact) mass is 206 g/mol. The van der Waals surface area contributed by atoms with Crippen LogP contribution in [0, 0.1) is 6.92 Å². The maximum Gasteiger partial charge on any atom is 0.242 e. The van der Waals surface area contributed by atoms with Gasteiger partial charge in [0.1, 0.15) is 5.54 Å². The summed E-state index contributed by atoms with van der Waals surface area (Å²) >= 11 is 0. The van der Waals surface area contributed by atoms with Gasteiger partial charge >= 0.3 is 0 Å². The number of aryl methyl sites for hydroxylation is 1. The van der Waals surface area contributed by atoms with Crippen LogP contribution in [0.1, 0.15) is 25.8 Å². The lowest BCUT2D eigenvalue weighted by molar-refractivity contribution is -0.121. The van der Waals surface area contributed by atoms with Crippen molar-refractivity contribution in [3.8, 4) is 0 Å². The Hall–Kier alpha value is -1.51. The van der Waals surface area contributed by atoms with Crippen molar-refractivity contribution in [2.45, 2.75) is 32.7 Å². The summed E-state index contributed by atoms with van der Waals surface area (Å²) in [6.07, 6.45) is 0.663. The Balaban J connectivity index is 2.94. The number of amides is 1. The second kappa shape index (κ2) is 4.34. The first kappa shape index (κ1) is 11.6. The number of rotatable bonds is 4. The highest BCUT2D eigenvalue weighted by atomic mass is 16.1. The first-order valence-electron chi connectivity index (χ1n) is 5.13. The van der Waals surface area contributed by atoms with Gasteiger partial charge in [0.05, 0.1) is 0 Å². The Morgan fingerprint density at radius 3 is 2.53 bits per heavy atom. The Labute approximate surface area is 90.7 Å². The van der Waals surface area contributed by atoms with E-state index in [-0.39, 0.29) is 5.91 Å². The number of anilines is 1. The molecule has 82 valence electrons. The Morgan fingerprint density at radius 1 is 1.47 bits per heavy atom.